The average Bonchev–Trinajstić information content (AvgIpc) is 3.14. The molecule has 1 aliphatic heterocycles. The SMILES string of the molecule is CC(C)C[C@H](NC(=O)[C@@H]1CCCN1C(=O)[C@H](CC(C)C)NC(=O)[C@@H](N)CC(C)C)C(=O)O. The van der Waals surface area contributed by atoms with E-state index < -0.39 is 36.0 Å². The Labute approximate surface area is 191 Å². The van der Waals surface area contributed by atoms with Crippen LogP contribution in [0.25, 0.3) is 0 Å². The van der Waals surface area contributed by atoms with E-state index in [4.69, 9.17) is 5.73 Å². The van der Waals surface area contributed by atoms with E-state index in [-0.39, 0.29) is 29.6 Å². The molecule has 9 heteroatoms. The molecule has 32 heavy (non-hydrogen) atoms. The number of nitrogens with zero attached hydrogens (tertiary/aromatic N) is 1. The summed E-state index contributed by atoms with van der Waals surface area (Å²) in [5.74, 6) is -1.77. The van der Waals surface area contributed by atoms with Gasteiger partial charge in [-0.05, 0) is 49.9 Å². The summed E-state index contributed by atoms with van der Waals surface area (Å²) in [5.41, 5.74) is 5.99. The Morgan fingerprint density at radius 2 is 1.44 bits per heavy atom. The predicted octanol–water partition coefficient (Wildman–Crippen LogP) is 1.50. The molecule has 0 aromatic heterocycles. The Bertz CT molecular complexity index is 665. The molecule has 1 heterocycles. The van der Waals surface area contributed by atoms with E-state index >= 15 is 0 Å². The number of carboxylic acid groups (broad SMARTS) is 1. The van der Waals surface area contributed by atoms with E-state index in [1.807, 2.05) is 41.5 Å². The van der Waals surface area contributed by atoms with Crippen molar-refractivity contribution >= 4 is 23.7 Å². The summed E-state index contributed by atoms with van der Waals surface area (Å²) in [6, 6.07) is -3.23. The summed E-state index contributed by atoms with van der Waals surface area (Å²) in [5, 5.41) is 14.8. The van der Waals surface area contributed by atoms with Gasteiger partial charge in [-0.25, -0.2) is 4.79 Å². The van der Waals surface area contributed by atoms with E-state index in [2.05, 4.69) is 10.6 Å². The zero-order chi connectivity index (χ0) is 24.6. The molecule has 1 rings (SSSR count). The number of carbonyl (C=O) groups is 4. The van der Waals surface area contributed by atoms with Gasteiger partial charge in [-0.2, -0.15) is 0 Å². The molecule has 0 spiro atoms. The van der Waals surface area contributed by atoms with Crippen molar-refractivity contribution in [3.05, 3.63) is 0 Å². The van der Waals surface area contributed by atoms with Crippen LogP contribution in [-0.4, -0.2) is 64.4 Å². The van der Waals surface area contributed by atoms with E-state index in [0.717, 1.165) is 0 Å². The Hall–Kier alpha value is -2.16. The largest absolute Gasteiger partial charge is 0.480 e. The van der Waals surface area contributed by atoms with Crippen molar-refractivity contribution in [2.75, 3.05) is 6.54 Å². The highest BCUT2D eigenvalue weighted by Gasteiger charge is 2.39. The molecule has 0 unspecified atom stereocenters. The zero-order valence-corrected chi connectivity index (χ0v) is 20.4. The topological polar surface area (TPSA) is 142 Å². The van der Waals surface area contributed by atoms with Gasteiger partial charge in [0.1, 0.15) is 18.1 Å². The molecular weight excluding hydrogens is 412 g/mol. The van der Waals surface area contributed by atoms with Crippen LogP contribution in [-0.2, 0) is 19.2 Å². The molecule has 5 N–H and O–H groups in total. The minimum Gasteiger partial charge on any atom is -0.480 e. The molecule has 0 saturated carbocycles. The first-order valence-electron chi connectivity index (χ1n) is 11.7. The normalized spacial score (nSPS) is 19.2. The minimum absolute atomic E-state index is 0.0957. The van der Waals surface area contributed by atoms with Crippen molar-refractivity contribution in [1.82, 2.24) is 15.5 Å². The fourth-order valence-corrected chi connectivity index (χ4v) is 4.05. The molecule has 9 nitrogen and oxygen atoms in total. The molecule has 0 radical (unpaired) electrons. The van der Waals surface area contributed by atoms with Crippen molar-refractivity contribution in [2.24, 2.45) is 23.5 Å². The van der Waals surface area contributed by atoms with Crippen LogP contribution in [0.5, 0.6) is 0 Å². The molecule has 1 fully saturated rings. The van der Waals surface area contributed by atoms with Gasteiger partial charge in [-0.3, -0.25) is 14.4 Å². The second kappa shape index (κ2) is 12.8. The highest BCUT2D eigenvalue weighted by molar-refractivity contribution is 5.94. The lowest BCUT2D eigenvalue weighted by Crippen LogP contribution is -2.57. The lowest BCUT2D eigenvalue weighted by molar-refractivity contribution is -0.145. The van der Waals surface area contributed by atoms with E-state index in [0.29, 0.717) is 38.6 Å². The van der Waals surface area contributed by atoms with Crippen LogP contribution in [0.1, 0.15) is 73.6 Å². The summed E-state index contributed by atoms with van der Waals surface area (Å²) in [6.45, 7) is 12.0. The first-order valence-corrected chi connectivity index (χ1v) is 11.7. The van der Waals surface area contributed by atoms with Crippen LogP contribution in [0.2, 0.25) is 0 Å². The number of hydrogen-bond donors (Lipinski definition) is 4. The molecule has 4 atom stereocenters. The number of rotatable bonds is 12. The van der Waals surface area contributed by atoms with Crippen molar-refractivity contribution < 1.29 is 24.3 Å². The van der Waals surface area contributed by atoms with Gasteiger partial charge in [0.2, 0.25) is 17.7 Å². The summed E-state index contributed by atoms with van der Waals surface area (Å²) >= 11 is 0. The van der Waals surface area contributed by atoms with Crippen molar-refractivity contribution in [3.8, 4) is 0 Å². The van der Waals surface area contributed by atoms with Crippen LogP contribution in [0.3, 0.4) is 0 Å². The van der Waals surface area contributed by atoms with Gasteiger partial charge >= 0.3 is 5.97 Å². The standard InChI is InChI=1S/C23H42N4O5/c1-13(2)10-16(24)20(28)25-17(11-14(3)4)22(30)27-9-7-8-19(27)21(29)26-18(23(31)32)12-15(5)6/h13-19H,7-12,24H2,1-6H3,(H,25,28)(H,26,29)(H,31,32)/t16-,17-,18-,19-/m0/s1. The smallest absolute Gasteiger partial charge is 0.326 e. The Morgan fingerprint density at radius 3 is 1.94 bits per heavy atom. The van der Waals surface area contributed by atoms with E-state index in [9.17, 15) is 24.3 Å². The first-order chi connectivity index (χ1) is 14.8. The second-order valence-electron chi connectivity index (χ2n) is 10.1. The van der Waals surface area contributed by atoms with Crippen LogP contribution >= 0.6 is 0 Å². The van der Waals surface area contributed by atoms with Gasteiger partial charge < -0.3 is 26.4 Å². The number of carbonyl (C=O) groups excluding carboxylic acids is 3. The van der Waals surface area contributed by atoms with Crippen LogP contribution < -0.4 is 16.4 Å². The van der Waals surface area contributed by atoms with Crippen molar-refractivity contribution in [3.63, 3.8) is 0 Å². The Morgan fingerprint density at radius 1 is 0.906 bits per heavy atom. The third-order valence-corrected chi connectivity index (χ3v) is 5.54. The number of likely N-dealkylation sites (tertiary alicyclic amines) is 1. The summed E-state index contributed by atoms with van der Waals surface area (Å²) < 4.78 is 0. The maximum Gasteiger partial charge on any atom is 0.326 e. The molecule has 184 valence electrons. The number of carboxylic acids is 1. The van der Waals surface area contributed by atoms with Gasteiger partial charge in [0.05, 0.1) is 6.04 Å². The highest BCUT2D eigenvalue weighted by Crippen LogP contribution is 2.21. The lowest BCUT2D eigenvalue weighted by Gasteiger charge is -2.31. The Balaban J connectivity index is 2.94. The predicted molar refractivity (Wildman–Crippen MR) is 123 cm³/mol. The fourth-order valence-electron chi connectivity index (χ4n) is 4.05. The lowest BCUT2D eigenvalue weighted by atomic mass is 10.00. The van der Waals surface area contributed by atoms with Gasteiger partial charge in [0.25, 0.3) is 0 Å². The number of hydrogen-bond acceptors (Lipinski definition) is 5. The first kappa shape index (κ1) is 27.9. The summed E-state index contributed by atoms with van der Waals surface area (Å²) in [4.78, 5) is 51.8. The third-order valence-electron chi connectivity index (χ3n) is 5.54. The minimum atomic E-state index is -1.09. The van der Waals surface area contributed by atoms with E-state index in [1.54, 1.807) is 0 Å². The molecule has 1 saturated heterocycles. The van der Waals surface area contributed by atoms with Gasteiger partial charge in [0.15, 0.2) is 0 Å². The number of amides is 3. The molecule has 0 aromatic rings. The van der Waals surface area contributed by atoms with Gasteiger partial charge in [-0.1, -0.05) is 41.5 Å². The van der Waals surface area contributed by atoms with Gasteiger partial charge in [0, 0.05) is 6.54 Å². The van der Waals surface area contributed by atoms with Crippen LogP contribution in [0.15, 0.2) is 0 Å². The van der Waals surface area contributed by atoms with Crippen molar-refractivity contribution in [1.29, 1.82) is 0 Å². The molecule has 3 amide bonds. The quantitative estimate of drug-likeness (QED) is 0.352. The molecule has 0 aliphatic carbocycles. The van der Waals surface area contributed by atoms with Crippen molar-refractivity contribution in [2.45, 2.75) is 97.8 Å². The van der Waals surface area contributed by atoms with Gasteiger partial charge in [-0.15, -0.1) is 0 Å². The molecule has 0 aromatic carbocycles. The fraction of sp³-hybridized carbons (Fsp3) is 0.826. The average molecular weight is 455 g/mol. The van der Waals surface area contributed by atoms with Crippen LogP contribution in [0.4, 0.5) is 0 Å². The number of aliphatic carboxylic acids is 1. The molecule has 0 bridgehead atoms. The third kappa shape index (κ3) is 8.76. The maximum atomic E-state index is 13.3. The van der Waals surface area contributed by atoms with Crippen LogP contribution in [0, 0.1) is 17.8 Å². The molecular formula is C23H42N4O5. The Kier molecular flexibility index (Phi) is 11.1. The summed E-state index contributed by atoms with van der Waals surface area (Å²) in [6.07, 6.45) is 2.34. The maximum absolute atomic E-state index is 13.3. The number of nitrogens with one attached hydrogen (secondary N) is 2. The zero-order valence-electron chi connectivity index (χ0n) is 20.4. The molecule has 1 aliphatic rings. The highest BCUT2D eigenvalue weighted by atomic mass is 16.4. The second-order valence-corrected chi connectivity index (χ2v) is 10.1. The monoisotopic (exact) mass is 454 g/mol. The van der Waals surface area contributed by atoms with E-state index in [1.165, 1.54) is 4.90 Å². The summed E-state index contributed by atoms with van der Waals surface area (Å²) in [7, 11) is 0. The number of nitrogens with two attached hydrogens (primary N) is 1.